The number of hydrogen-bond donors (Lipinski definition) is 3. The summed E-state index contributed by atoms with van der Waals surface area (Å²) in [7, 11) is 0. The fourth-order valence-electron chi connectivity index (χ4n) is 1.28. The SMILES string of the molecule is CCOCCNC(=O)Nc1ccc(CN)cc1. The lowest BCUT2D eigenvalue weighted by atomic mass is 10.2. The van der Waals surface area contributed by atoms with Gasteiger partial charge in [-0.1, -0.05) is 12.1 Å². The first-order valence-electron chi connectivity index (χ1n) is 5.68. The summed E-state index contributed by atoms with van der Waals surface area (Å²) in [5, 5.41) is 5.42. The molecule has 0 aliphatic heterocycles. The van der Waals surface area contributed by atoms with Crippen molar-refractivity contribution >= 4 is 11.7 Å². The maximum Gasteiger partial charge on any atom is 0.319 e. The Bertz CT molecular complexity index is 338. The number of amides is 2. The molecule has 1 aromatic rings. The fourth-order valence-corrected chi connectivity index (χ4v) is 1.28. The summed E-state index contributed by atoms with van der Waals surface area (Å²) in [6, 6.07) is 7.19. The largest absolute Gasteiger partial charge is 0.380 e. The van der Waals surface area contributed by atoms with E-state index in [0.717, 1.165) is 11.3 Å². The van der Waals surface area contributed by atoms with Gasteiger partial charge in [-0.05, 0) is 24.6 Å². The Morgan fingerprint density at radius 3 is 2.65 bits per heavy atom. The molecule has 1 rings (SSSR count). The third-order valence-electron chi connectivity index (χ3n) is 2.18. The minimum Gasteiger partial charge on any atom is -0.380 e. The predicted octanol–water partition coefficient (Wildman–Crippen LogP) is 1.30. The summed E-state index contributed by atoms with van der Waals surface area (Å²) >= 11 is 0. The van der Waals surface area contributed by atoms with E-state index in [4.69, 9.17) is 10.5 Å². The van der Waals surface area contributed by atoms with Gasteiger partial charge in [0.15, 0.2) is 0 Å². The third-order valence-corrected chi connectivity index (χ3v) is 2.18. The van der Waals surface area contributed by atoms with E-state index in [9.17, 15) is 4.79 Å². The van der Waals surface area contributed by atoms with Crippen molar-refractivity contribution in [2.45, 2.75) is 13.5 Å². The Hall–Kier alpha value is -1.59. The fraction of sp³-hybridized carbons (Fsp3) is 0.417. The van der Waals surface area contributed by atoms with Gasteiger partial charge >= 0.3 is 6.03 Å². The van der Waals surface area contributed by atoms with Crippen LogP contribution in [-0.2, 0) is 11.3 Å². The number of hydrogen-bond acceptors (Lipinski definition) is 3. The van der Waals surface area contributed by atoms with Gasteiger partial charge in [0.1, 0.15) is 0 Å². The summed E-state index contributed by atoms with van der Waals surface area (Å²) < 4.78 is 5.11. The van der Waals surface area contributed by atoms with Crippen LogP contribution >= 0.6 is 0 Å². The molecule has 0 saturated heterocycles. The normalized spacial score (nSPS) is 10.0. The number of rotatable bonds is 6. The molecule has 0 radical (unpaired) electrons. The van der Waals surface area contributed by atoms with E-state index >= 15 is 0 Å². The van der Waals surface area contributed by atoms with E-state index in [1.54, 1.807) is 0 Å². The molecule has 0 aliphatic carbocycles. The maximum atomic E-state index is 11.4. The number of ether oxygens (including phenoxy) is 1. The highest BCUT2D eigenvalue weighted by Crippen LogP contribution is 2.08. The third kappa shape index (κ3) is 5.33. The van der Waals surface area contributed by atoms with Crippen LogP contribution < -0.4 is 16.4 Å². The molecule has 0 aliphatic rings. The van der Waals surface area contributed by atoms with Gasteiger partial charge in [-0.25, -0.2) is 4.79 Å². The molecule has 0 aromatic heterocycles. The molecule has 1 aromatic carbocycles. The summed E-state index contributed by atoms with van der Waals surface area (Å²) in [5.74, 6) is 0. The quantitative estimate of drug-likeness (QED) is 0.653. The standard InChI is InChI=1S/C12H19N3O2/c1-2-17-8-7-14-12(16)15-11-5-3-10(9-13)4-6-11/h3-6H,2,7-9,13H2,1H3,(H2,14,15,16). The number of carbonyl (C=O) groups excluding carboxylic acids is 1. The van der Waals surface area contributed by atoms with Gasteiger partial charge < -0.3 is 21.1 Å². The maximum absolute atomic E-state index is 11.4. The Labute approximate surface area is 101 Å². The molecule has 0 heterocycles. The van der Waals surface area contributed by atoms with Crippen LogP contribution in [0.1, 0.15) is 12.5 Å². The first-order chi connectivity index (χ1) is 8.26. The molecule has 94 valence electrons. The lowest BCUT2D eigenvalue weighted by molar-refractivity contribution is 0.150. The van der Waals surface area contributed by atoms with Crippen molar-refractivity contribution in [1.82, 2.24) is 5.32 Å². The number of urea groups is 1. The van der Waals surface area contributed by atoms with E-state index in [1.165, 1.54) is 0 Å². The highest BCUT2D eigenvalue weighted by atomic mass is 16.5. The van der Waals surface area contributed by atoms with Gasteiger partial charge in [0, 0.05) is 25.4 Å². The van der Waals surface area contributed by atoms with Crippen LogP contribution in [0.5, 0.6) is 0 Å². The molecule has 5 nitrogen and oxygen atoms in total. The molecule has 0 unspecified atom stereocenters. The number of benzene rings is 1. The second-order valence-corrected chi connectivity index (χ2v) is 3.48. The van der Waals surface area contributed by atoms with Crippen LogP contribution in [0.15, 0.2) is 24.3 Å². The van der Waals surface area contributed by atoms with Gasteiger partial charge in [-0.2, -0.15) is 0 Å². The Morgan fingerprint density at radius 2 is 2.06 bits per heavy atom. The van der Waals surface area contributed by atoms with Crippen molar-refractivity contribution in [2.75, 3.05) is 25.1 Å². The smallest absolute Gasteiger partial charge is 0.319 e. The van der Waals surface area contributed by atoms with Crippen LogP contribution in [0.4, 0.5) is 10.5 Å². The molecule has 0 atom stereocenters. The minimum absolute atomic E-state index is 0.231. The molecule has 4 N–H and O–H groups in total. The van der Waals surface area contributed by atoms with Crippen LogP contribution in [-0.4, -0.2) is 25.8 Å². The number of anilines is 1. The van der Waals surface area contributed by atoms with Crippen LogP contribution in [0.2, 0.25) is 0 Å². The van der Waals surface area contributed by atoms with Crippen molar-refractivity contribution in [1.29, 1.82) is 0 Å². The van der Waals surface area contributed by atoms with Gasteiger partial charge in [-0.3, -0.25) is 0 Å². The van der Waals surface area contributed by atoms with Crippen LogP contribution in [0, 0.1) is 0 Å². The lowest BCUT2D eigenvalue weighted by Gasteiger charge is -2.08. The average Bonchev–Trinajstić information content (AvgIpc) is 2.36. The summed E-state index contributed by atoms with van der Waals surface area (Å²) in [6.45, 7) is 4.10. The van der Waals surface area contributed by atoms with Crippen molar-refractivity contribution < 1.29 is 9.53 Å². The first kappa shape index (κ1) is 13.5. The van der Waals surface area contributed by atoms with E-state index in [0.29, 0.717) is 26.3 Å². The van der Waals surface area contributed by atoms with Crippen molar-refractivity contribution in [3.63, 3.8) is 0 Å². The van der Waals surface area contributed by atoms with Crippen molar-refractivity contribution in [3.05, 3.63) is 29.8 Å². The number of nitrogens with two attached hydrogens (primary N) is 1. The van der Waals surface area contributed by atoms with Crippen molar-refractivity contribution in [2.24, 2.45) is 5.73 Å². The van der Waals surface area contributed by atoms with Crippen LogP contribution in [0.25, 0.3) is 0 Å². The molecule has 5 heteroatoms. The molecule has 0 bridgehead atoms. The second kappa shape index (κ2) is 7.65. The first-order valence-corrected chi connectivity index (χ1v) is 5.68. The topological polar surface area (TPSA) is 76.4 Å². The molecule has 0 saturated carbocycles. The lowest BCUT2D eigenvalue weighted by Crippen LogP contribution is -2.31. The summed E-state index contributed by atoms with van der Waals surface area (Å²) in [4.78, 5) is 11.4. The number of nitrogens with one attached hydrogen (secondary N) is 2. The average molecular weight is 237 g/mol. The van der Waals surface area contributed by atoms with Gasteiger partial charge in [0.2, 0.25) is 0 Å². The van der Waals surface area contributed by atoms with Crippen molar-refractivity contribution in [3.8, 4) is 0 Å². The van der Waals surface area contributed by atoms with Gasteiger partial charge in [0.25, 0.3) is 0 Å². The zero-order valence-corrected chi connectivity index (χ0v) is 10.0. The number of carbonyl (C=O) groups is 1. The highest BCUT2D eigenvalue weighted by molar-refractivity contribution is 5.89. The molecule has 2 amide bonds. The highest BCUT2D eigenvalue weighted by Gasteiger charge is 2.00. The molecule has 17 heavy (non-hydrogen) atoms. The van der Waals surface area contributed by atoms with E-state index in [2.05, 4.69) is 10.6 Å². The Kier molecular flexibility index (Phi) is 6.06. The van der Waals surface area contributed by atoms with Gasteiger partial charge in [0.05, 0.1) is 6.61 Å². The minimum atomic E-state index is -0.231. The molecular weight excluding hydrogens is 218 g/mol. The molecule has 0 fully saturated rings. The van der Waals surface area contributed by atoms with E-state index < -0.39 is 0 Å². The monoisotopic (exact) mass is 237 g/mol. The van der Waals surface area contributed by atoms with Gasteiger partial charge in [-0.15, -0.1) is 0 Å². The van der Waals surface area contributed by atoms with Crippen LogP contribution in [0.3, 0.4) is 0 Å². The second-order valence-electron chi connectivity index (χ2n) is 3.48. The van der Waals surface area contributed by atoms with E-state index in [1.807, 2.05) is 31.2 Å². The Morgan fingerprint density at radius 1 is 1.35 bits per heavy atom. The zero-order valence-electron chi connectivity index (χ0n) is 10.0. The molecular formula is C12H19N3O2. The molecule has 0 spiro atoms. The zero-order chi connectivity index (χ0) is 12.5. The summed E-state index contributed by atoms with van der Waals surface area (Å²) in [5.41, 5.74) is 7.26. The Balaban J connectivity index is 2.29. The summed E-state index contributed by atoms with van der Waals surface area (Å²) in [6.07, 6.45) is 0. The van der Waals surface area contributed by atoms with E-state index in [-0.39, 0.29) is 6.03 Å². The predicted molar refractivity (Wildman–Crippen MR) is 67.8 cm³/mol.